The molecule has 0 amide bonds. The summed E-state index contributed by atoms with van der Waals surface area (Å²) in [5, 5.41) is 2.55. The SMILES string of the molecule is CC(C)CC(NS(=O)(=O)c1ccc(F)cc1)c1nccs1. The number of hydrogen-bond donors (Lipinski definition) is 1. The van der Waals surface area contributed by atoms with E-state index in [-0.39, 0.29) is 10.9 Å². The van der Waals surface area contributed by atoms with Crippen LogP contribution in [0.25, 0.3) is 0 Å². The highest BCUT2D eigenvalue weighted by molar-refractivity contribution is 7.89. The van der Waals surface area contributed by atoms with E-state index in [9.17, 15) is 12.8 Å². The lowest BCUT2D eigenvalue weighted by Gasteiger charge is -2.18. The van der Waals surface area contributed by atoms with E-state index < -0.39 is 15.8 Å². The molecule has 1 aromatic heterocycles. The smallest absolute Gasteiger partial charge is 0.241 e. The van der Waals surface area contributed by atoms with Gasteiger partial charge in [0.15, 0.2) is 0 Å². The van der Waals surface area contributed by atoms with Gasteiger partial charge < -0.3 is 0 Å². The molecule has 1 atom stereocenters. The Balaban J connectivity index is 2.24. The molecule has 1 heterocycles. The second-order valence-corrected chi connectivity index (χ2v) is 7.77. The van der Waals surface area contributed by atoms with Crippen molar-refractivity contribution in [2.75, 3.05) is 0 Å². The Morgan fingerprint density at radius 1 is 1.29 bits per heavy atom. The summed E-state index contributed by atoms with van der Waals surface area (Å²) >= 11 is 1.41. The molecule has 114 valence electrons. The van der Waals surface area contributed by atoms with Gasteiger partial charge in [-0.1, -0.05) is 13.8 Å². The number of rotatable bonds is 6. The van der Waals surface area contributed by atoms with Gasteiger partial charge in [-0.2, -0.15) is 0 Å². The fraction of sp³-hybridized carbons (Fsp3) is 0.357. The minimum absolute atomic E-state index is 0.0502. The predicted octanol–water partition coefficient (Wildman–Crippen LogP) is 3.35. The minimum atomic E-state index is -3.70. The number of nitrogens with zero attached hydrogens (tertiary/aromatic N) is 1. The van der Waals surface area contributed by atoms with Gasteiger partial charge >= 0.3 is 0 Å². The standard InChI is InChI=1S/C14H17FN2O2S2/c1-10(2)9-13(14-16-7-8-20-14)17-21(18,19)12-5-3-11(15)4-6-12/h3-8,10,13,17H,9H2,1-2H3. The van der Waals surface area contributed by atoms with Crippen molar-refractivity contribution in [3.05, 3.63) is 46.7 Å². The van der Waals surface area contributed by atoms with Crippen LogP contribution in [-0.4, -0.2) is 13.4 Å². The van der Waals surface area contributed by atoms with E-state index in [0.717, 1.165) is 17.1 Å². The van der Waals surface area contributed by atoms with Crippen molar-refractivity contribution in [2.24, 2.45) is 5.92 Å². The molecule has 0 spiro atoms. The molecule has 0 aliphatic heterocycles. The third kappa shape index (κ3) is 4.33. The van der Waals surface area contributed by atoms with Gasteiger partial charge in [-0.25, -0.2) is 22.5 Å². The van der Waals surface area contributed by atoms with Crippen LogP contribution in [0.1, 0.15) is 31.3 Å². The molecule has 2 aromatic rings. The van der Waals surface area contributed by atoms with E-state index >= 15 is 0 Å². The molecule has 0 aliphatic carbocycles. The minimum Gasteiger partial charge on any atom is -0.248 e. The van der Waals surface area contributed by atoms with Crippen molar-refractivity contribution >= 4 is 21.4 Å². The van der Waals surface area contributed by atoms with Crippen LogP contribution in [-0.2, 0) is 10.0 Å². The van der Waals surface area contributed by atoms with Crippen molar-refractivity contribution in [3.63, 3.8) is 0 Å². The third-order valence-electron chi connectivity index (χ3n) is 2.88. The molecule has 21 heavy (non-hydrogen) atoms. The molecule has 0 bridgehead atoms. The second kappa shape index (κ2) is 6.64. The van der Waals surface area contributed by atoms with Crippen LogP contribution in [0, 0.1) is 11.7 Å². The van der Waals surface area contributed by atoms with Gasteiger partial charge in [0.2, 0.25) is 10.0 Å². The Morgan fingerprint density at radius 3 is 2.48 bits per heavy atom. The highest BCUT2D eigenvalue weighted by Gasteiger charge is 2.23. The summed E-state index contributed by atoms with van der Waals surface area (Å²) in [6, 6.07) is 4.41. The van der Waals surface area contributed by atoms with Gasteiger partial charge in [-0.05, 0) is 36.6 Å². The molecule has 0 fully saturated rings. The molecule has 1 N–H and O–H groups in total. The van der Waals surface area contributed by atoms with Crippen LogP contribution in [0.2, 0.25) is 0 Å². The van der Waals surface area contributed by atoms with Gasteiger partial charge in [0.25, 0.3) is 0 Å². The number of sulfonamides is 1. The van der Waals surface area contributed by atoms with Crippen LogP contribution in [0.5, 0.6) is 0 Å². The van der Waals surface area contributed by atoms with E-state index in [2.05, 4.69) is 9.71 Å². The lowest BCUT2D eigenvalue weighted by Crippen LogP contribution is -2.29. The maximum Gasteiger partial charge on any atom is 0.241 e. The Labute approximate surface area is 128 Å². The first-order chi connectivity index (χ1) is 9.88. The molecule has 1 unspecified atom stereocenters. The van der Waals surface area contributed by atoms with Gasteiger partial charge in [0.05, 0.1) is 10.9 Å². The normalized spacial score (nSPS) is 13.5. The number of halogens is 1. The van der Waals surface area contributed by atoms with Crippen LogP contribution in [0.3, 0.4) is 0 Å². The van der Waals surface area contributed by atoms with Crippen molar-refractivity contribution in [1.82, 2.24) is 9.71 Å². The van der Waals surface area contributed by atoms with Gasteiger partial charge in [0.1, 0.15) is 10.8 Å². The summed E-state index contributed by atoms with van der Waals surface area (Å²) in [5.41, 5.74) is 0. The lowest BCUT2D eigenvalue weighted by atomic mass is 10.1. The summed E-state index contributed by atoms with van der Waals surface area (Å²) in [6.07, 6.45) is 2.30. The van der Waals surface area contributed by atoms with E-state index in [1.807, 2.05) is 19.2 Å². The maximum absolute atomic E-state index is 12.9. The predicted molar refractivity (Wildman–Crippen MR) is 81.0 cm³/mol. The Hall–Kier alpha value is -1.31. The molecule has 0 radical (unpaired) electrons. The van der Waals surface area contributed by atoms with E-state index in [1.165, 1.54) is 23.5 Å². The number of benzene rings is 1. The number of hydrogen-bond acceptors (Lipinski definition) is 4. The van der Waals surface area contributed by atoms with Crippen LogP contribution < -0.4 is 4.72 Å². The highest BCUT2D eigenvalue weighted by Crippen LogP contribution is 2.25. The number of nitrogens with one attached hydrogen (secondary N) is 1. The first kappa shape index (κ1) is 16.1. The Kier molecular flexibility index (Phi) is 5.08. The van der Waals surface area contributed by atoms with E-state index in [4.69, 9.17) is 0 Å². The molecule has 0 saturated carbocycles. The quantitative estimate of drug-likeness (QED) is 0.884. The average Bonchev–Trinajstić information content (AvgIpc) is 2.91. The zero-order chi connectivity index (χ0) is 15.5. The first-order valence-electron chi connectivity index (χ1n) is 6.56. The maximum atomic E-state index is 12.9. The molecular weight excluding hydrogens is 311 g/mol. The summed E-state index contributed by atoms with van der Waals surface area (Å²) in [7, 11) is -3.70. The Morgan fingerprint density at radius 2 is 1.95 bits per heavy atom. The van der Waals surface area contributed by atoms with E-state index in [1.54, 1.807) is 6.20 Å². The third-order valence-corrected chi connectivity index (χ3v) is 5.25. The molecule has 1 aromatic carbocycles. The summed E-state index contributed by atoms with van der Waals surface area (Å²) in [6.45, 7) is 4.04. The molecule has 7 heteroatoms. The number of aromatic nitrogens is 1. The topological polar surface area (TPSA) is 59.1 Å². The summed E-state index contributed by atoms with van der Waals surface area (Å²) in [5.74, 6) is -0.151. The zero-order valence-electron chi connectivity index (χ0n) is 11.8. The van der Waals surface area contributed by atoms with Gasteiger partial charge in [-0.15, -0.1) is 11.3 Å². The van der Waals surface area contributed by atoms with Gasteiger partial charge in [0, 0.05) is 11.6 Å². The van der Waals surface area contributed by atoms with E-state index in [0.29, 0.717) is 12.3 Å². The fourth-order valence-electron chi connectivity index (χ4n) is 1.95. The second-order valence-electron chi connectivity index (χ2n) is 5.13. The number of thiazole rings is 1. The van der Waals surface area contributed by atoms with Crippen molar-refractivity contribution in [2.45, 2.75) is 31.2 Å². The Bertz CT molecular complexity index is 668. The first-order valence-corrected chi connectivity index (χ1v) is 8.92. The molecule has 0 saturated heterocycles. The highest BCUT2D eigenvalue weighted by atomic mass is 32.2. The molecule has 4 nitrogen and oxygen atoms in total. The van der Waals surface area contributed by atoms with Crippen LogP contribution in [0.4, 0.5) is 4.39 Å². The van der Waals surface area contributed by atoms with Gasteiger partial charge in [-0.3, -0.25) is 0 Å². The van der Waals surface area contributed by atoms with Crippen LogP contribution >= 0.6 is 11.3 Å². The molecule has 2 rings (SSSR count). The van der Waals surface area contributed by atoms with Crippen molar-refractivity contribution < 1.29 is 12.8 Å². The largest absolute Gasteiger partial charge is 0.248 e. The fourth-order valence-corrected chi connectivity index (χ4v) is 3.94. The lowest BCUT2D eigenvalue weighted by molar-refractivity contribution is 0.470. The molecular formula is C14H17FN2O2S2. The zero-order valence-corrected chi connectivity index (χ0v) is 13.4. The van der Waals surface area contributed by atoms with Crippen molar-refractivity contribution in [1.29, 1.82) is 0 Å². The molecule has 0 aliphatic rings. The van der Waals surface area contributed by atoms with Crippen LogP contribution in [0.15, 0.2) is 40.7 Å². The average molecular weight is 328 g/mol. The summed E-state index contributed by atoms with van der Waals surface area (Å²) in [4.78, 5) is 4.24. The summed E-state index contributed by atoms with van der Waals surface area (Å²) < 4.78 is 40.3. The monoisotopic (exact) mass is 328 g/mol. The van der Waals surface area contributed by atoms with Crippen molar-refractivity contribution in [3.8, 4) is 0 Å².